The lowest BCUT2D eigenvalue weighted by molar-refractivity contribution is 0.194. The SMILES string of the molecule is CC(O)c1c(F)cccc1N1CCc2sccc2C1C. The molecule has 1 aliphatic heterocycles. The third kappa shape index (κ3) is 2.13. The molecule has 4 heteroatoms. The van der Waals surface area contributed by atoms with Crippen LogP contribution in [0.4, 0.5) is 10.1 Å². The fourth-order valence-corrected chi connectivity index (χ4v) is 3.99. The molecule has 3 rings (SSSR count). The molecule has 0 spiro atoms. The largest absolute Gasteiger partial charge is 0.389 e. The van der Waals surface area contributed by atoms with Crippen LogP contribution in [-0.4, -0.2) is 11.7 Å². The minimum atomic E-state index is -0.803. The van der Waals surface area contributed by atoms with E-state index < -0.39 is 6.10 Å². The Morgan fingerprint density at radius 3 is 2.95 bits per heavy atom. The number of thiophene rings is 1. The summed E-state index contributed by atoms with van der Waals surface area (Å²) in [5.74, 6) is -0.333. The smallest absolute Gasteiger partial charge is 0.131 e. The van der Waals surface area contributed by atoms with E-state index in [9.17, 15) is 9.50 Å². The van der Waals surface area contributed by atoms with Gasteiger partial charge in [0.05, 0.1) is 12.1 Å². The number of rotatable bonds is 2. The first-order chi connectivity index (χ1) is 9.59. The van der Waals surface area contributed by atoms with E-state index in [1.54, 1.807) is 24.3 Å². The van der Waals surface area contributed by atoms with E-state index in [1.807, 2.05) is 6.07 Å². The van der Waals surface area contributed by atoms with Gasteiger partial charge in [-0.05, 0) is 49.4 Å². The first-order valence-electron chi connectivity index (χ1n) is 6.89. The van der Waals surface area contributed by atoms with E-state index in [-0.39, 0.29) is 11.9 Å². The van der Waals surface area contributed by atoms with Crippen molar-refractivity contribution in [3.63, 3.8) is 0 Å². The summed E-state index contributed by atoms with van der Waals surface area (Å²) in [6.45, 7) is 4.62. The zero-order valence-electron chi connectivity index (χ0n) is 11.6. The maximum atomic E-state index is 14.0. The predicted octanol–water partition coefficient (Wildman–Crippen LogP) is 4.06. The number of nitrogens with zero attached hydrogens (tertiary/aromatic N) is 1. The summed E-state index contributed by atoms with van der Waals surface area (Å²) >= 11 is 1.79. The monoisotopic (exact) mass is 291 g/mol. The summed E-state index contributed by atoms with van der Waals surface area (Å²) < 4.78 is 14.0. The summed E-state index contributed by atoms with van der Waals surface area (Å²) in [6.07, 6.45) is 0.176. The summed E-state index contributed by atoms with van der Waals surface area (Å²) in [5.41, 5.74) is 2.53. The molecule has 1 aromatic carbocycles. The molecule has 0 saturated carbocycles. The summed E-state index contributed by atoms with van der Waals surface area (Å²) in [4.78, 5) is 3.61. The molecule has 2 aromatic rings. The van der Waals surface area contributed by atoms with Crippen LogP contribution < -0.4 is 4.90 Å². The zero-order chi connectivity index (χ0) is 14.3. The van der Waals surface area contributed by atoms with Gasteiger partial charge in [-0.1, -0.05) is 6.07 Å². The van der Waals surface area contributed by atoms with Gasteiger partial charge in [0.15, 0.2) is 0 Å². The average molecular weight is 291 g/mol. The topological polar surface area (TPSA) is 23.5 Å². The maximum Gasteiger partial charge on any atom is 0.131 e. The summed E-state index contributed by atoms with van der Waals surface area (Å²) in [5, 5.41) is 12.0. The Morgan fingerprint density at radius 1 is 1.40 bits per heavy atom. The van der Waals surface area contributed by atoms with Gasteiger partial charge in [0.2, 0.25) is 0 Å². The van der Waals surface area contributed by atoms with Crippen molar-refractivity contribution in [1.82, 2.24) is 0 Å². The Kier molecular flexibility index (Phi) is 3.52. The van der Waals surface area contributed by atoms with Crippen LogP contribution >= 0.6 is 11.3 Å². The molecule has 106 valence electrons. The van der Waals surface area contributed by atoms with Crippen LogP contribution in [0.15, 0.2) is 29.6 Å². The molecule has 2 heterocycles. The normalized spacial score (nSPS) is 19.8. The zero-order valence-corrected chi connectivity index (χ0v) is 12.5. The van der Waals surface area contributed by atoms with E-state index in [0.717, 1.165) is 18.7 Å². The molecule has 2 nitrogen and oxygen atoms in total. The number of halogens is 1. The molecular formula is C16H18FNOS. The van der Waals surface area contributed by atoms with Crippen LogP contribution in [-0.2, 0) is 6.42 Å². The number of aliphatic hydroxyl groups excluding tert-OH is 1. The number of fused-ring (bicyclic) bond motifs is 1. The molecular weight excluding hydrogens is 273 g/mol. The van der Waals surface area contributed by atoms with Gasteiger partial charge in [0, 0.05) is 22.7 Å². The minimum Gasteiger partial charge on any atom is -0.389 e. The first kappa shape index (κ1) is 13.6. The Bertz CT molecular complexity index is 623. The third-order valence-corrected chi connectivity index (χ3v) is 5.03. The molecule has 0 amide bonds. The van der Waals surface area contributed by atoms with Crippen molar-refractivity contribution >= 4 is 17.0 Å². The lowest BCUT2D eigenvalue weighted by atomic mass is 9.98. The quantitative estimate of drug-likeness (QED) is 0.902. The van der Waals surface area contributed by atoms with E-state index in [4.69, 9.17) is 0 Å². The van der Waals surface area contributed by atoms with Gasteiger partial charge in [0.25, 0.3) is 0 Å². The van der Waals surface area contributed by atoms with Crippen molar-refractivity contribution < 1.29 is 9.50 Å². The fourth-order valence-electron chi connectivity index (χ4n) is 3.03. The van der Waals surface area contributed by atoms with Gasteiger partial charge in [0.1, 0.15) is 5.82 Å². The number of aliphatic hydroxyl groups is 1. The predicted molar refractivity (Wildman–Crippen MR) is 80.8 cm³/mol. The highest BCUT2D eigenvalue weighted by atomic mass is 32.1. The highest BCUT2D eigenvalue weighted by molar-refractivity contribution is 7.10. The van der Waals surface area contributed by atoms with Crippen LogP contribution in [0.1, 0.15) is 42.0 Å². The van der Waals surface area contributed by atoms with Gasteiger partial charge in [-0.15, -0.1) is 11.3 Å². The molecule has 0 saturated heterocycles. The summed E-state index contributed by atoms with van der Waals surface area (Å²) in [6, 6.07) is 7.39. The minimum absolute atomic E-state index is 0.212. The van der Waals surface area contributed by atoms with Gasteiger partial charge < -0.3 is 10.0 Å². The highest BCUT2D eigenvalue weighted by Crippen LogP contribution is 2.39. The van der Waals surface area contributed by atoms with Crippen LogP contribution in [0, 0.1) is 5.82 Å². The Labute approximate surface area is 122 Å². The van der Waals surface area contributed by atoms with Gasteiger partial charge in [-0.2, -0.15) is 0 Å². The molecule has 2 unspecified atom stereocenters. The molecule has 0 bridgehead atoms. The van der Waals surface area contributed by atoms with Crippen LogP contribution in [0.25, 0.3) is 0 Å². The number of hydrogen-bond acceptors (Lipinski definition) is 3. The Morgan fingerprint density at radius 2 is 2.20 bits per heavy atom. The Balaban J connectivity index is 2.05. The lowest BCUT2D eigenvalue weighted by Crippen LogP contribution is -2.34. The van der Waals surface area contributed by atoms with Crippen molar-refractivity contribution in [3.8, 4) is 0 Å². The molecule has 0 aliphatic carbocycles. The van der Waals surface area contributed by atoms with E-state index in [2.05, 4.69) is 23.3 Å². The van der Waals surface area contributed by atoms with Crippen LogP contribution in [0.2, 0.25) is 0 Å². The average Bonchev–Trinajstić information content (AvgIpc) is 2.87. The highest BCUT2D eigenvalue weighted by Gasteiger charge is 2.28. The second kappa shape index (κ2) is 5.19. The molecule has 1 aliphatic rings. The maximum absolute atomic E-state index is 14.0. The second-order valence-corrected chi connectivity index (χ2v) is 6.27. The van der Waals surface area contributed by atoms with Crippen LogP contribution in [0.3, 0.4) is 0 Å². The van der Waals surface area contributed by atoms with Crippen molar-refractivity contribution in [2.45, 2.75) is 32.4 Å². The molecule has 0 fully saturated rings. The second-order valence-electron chi connectivity index (χ2n) is 5.27. The van der Waals surface area contributed by atoms with Gasteiger partial charge in [-0.3, -0.25) is 0 Å². The standard InChI is InChI=1S/C16H18FNOS/c1-10-12-7-9-20-15(12)6-8-18(10)14-5-3-4-13(17)16(14)11(2)19/h3-5,7,9-11,19H,6,8H2,1-2H3. The van der Waals surface area contributed by atoms with Crippen molar-refractivity contribution in [2.24, 2.45) is 0 Å². The number of benzene rings is 1. The van der Waals surface area contributed by atoms with E-state index >= 15 is 0 Å². The van der Waals surface area contributed by atoms with Crippen molar-refractivity contribution in [1.29, 1.82) is 0 Å². The molecule has 1 aromatic heterocycles. The molecule has 2 atom stereocenters. The van der Waals surface area contributed by atoms with E-state index in [1.165, 1.54) is 16.5 Å². The first-order valence-corrected chi connectivity index (χ1v) is 7.77. The van der Waals surface area contributed by atoms with Crippen molar-refractivity contribution in [3.05, 3.63) is 51.5 Å². The Hall–Kier alpha value is -1.39. The lowest BCUT2D eigenvalue weighted by Gasteiger charge is -2.37. The molecule has 20 heavy (non-hydrogen) atoms. The summed E-state index contributed by atoms with van der Waals surface area (Å²) in [7, 11) is 0. The van der Waals surface area contributed by atoms with Crippen molar-refractivity contribution in [2.75, 3.05) is 11.4 Å². The van der Waals surface area contributed by atoms with Crippen LogP contribution in [0.5, 0.6) is 0 Å². The fraction of sp³-hybridized carbons (Fsp3) is 0.375. The molecule has 1 N–H and O–H groups in total. The van der Waals surface area contributed by atoms with Gasteiger partial charge >= 0.3 is 0 Å². The number of hydrogen-bond donors (Lipinski definition) is 1. The van der Waals surface area contributed by atoms with Gasteiger partial charge in [-0.25, -0.2) is 4.39 Å². The third-order valence-electron chi connectivity index (χ3n) is 4.03. The number of anilines is 1. The molecule has 0 radical (unpaired) electrons. The van der Waals surface area contributed by atoms with E-state index in [0.29, 0.717) is 5.56 Å².